The Morgan fingerprint density at radius 1 is 1.47 bits per heavy atom. The Morgan fingerprint density at radius 2 is 2.07 bits per heavy atom. The van der Waals surface area contributed by atoms with Gasteiger partial charge in [-0.25, -0.2) is 4.79 Å². The molecule has 0 aliphatic carbocycles. The standard InChI is InChI=1S/C11H22N2O2/c1-11(2,3)9-7-8(12)5-4-6-13(9)10(14)15/h8-9H,4-7,12H2,1-3H3,(H,14,15). The van der Waals surface area contributed by atoms with Crippen LogP contribution in [0.3, 0.4) is 0 Å². The van der Waals surface area contributed by atoms with E-state index in [0.29, 0.717) is 6.54 Å². The summed E-state index contributed by atoms with van der Waals surface area (Å²) in [6.07, 6.45) is 1.76. The van der Waals surface area contributed by atoms with E-state index in [1.807, 2.05) is 0 Å². The molecule has 0 saturated carbocycles. The van der Waals surface area contributed by atoms with Gasteiger partial charge in [-0.3, -0.25) is 0 Å². The fourth-order valence-electron chi connectivity index (χ4n) is 2.26. The highest BCUT2D eigenvalue weighted by molar-refractivity contribution is 5.65. The van der Waals surface area contributed by atoms with E-state index in [0.717, 1.165) is 19.3 Å². The van der Waals surface area contributed by atoms with Gasteiger partial charge in [0, 0.05) is 18.6 Å². The first-order chi connectivity index (χ1) is 6.82. The van der Waals surface area contributed by atoms with Crippen molar-refractivity contribution >= 4 is 6.09 Å². The van der Waals surface area contributed by atoms with Gasteiger partial charge < -0.3 is 15.7 Å². The first kappa shape index (κ1) is 12.3. The number of amides is 1. The normalized spacial score (nSPS) is 28.7. The number of rotatable bonds is 0. The highest BCUT2D eigenvalue weighted by Crippen LogP contribution is 2.30. The maximum atomic E-state index is 11.2. The summed E-state index contributed by atoms with van der Waals surface area (Å²) in [5.41, 5.74) is 5.92. The zero-order chi connectivity index (χ0) is 11.6. The Labute approximate surface area is 91.4 Å². The number of hydrogen-bond acceptors (Lipinski definition) is 2. The van der Waals surface area contributed by atoms with Gasteiger partial charge in [0.05, 0.1) is 0 Å². The molecule has 0 aromatic carbocycles. The second-order valence-corrected chi connectivity index (χ2v) is 5.50. The first-order valence-electron chi connectivity index (χ1n) is 5.57. The van der Waals surface area contributed by atoms with Crippen LogP contribution in [0.4, 0.5) is 4.79 Å². The third kappa shape index (κ3) is 3.09. The largest absolute Gasteiger partial charge is 0.465 e. The van der Waals surface area contributed by atoms with Crippen molar-refractivity contribution in [2.45, 2.75) is 52.1 Å². The molecule has 2 unspecified atom stereocenters. The molecule has 0 aromatic rings. The monoisotopic (exact) mass is 214 g/mol. The fourth-order valence-corrected chi connectivity index (χ4v) is 2.26. The molecule has 0 radical (unpaired) electrons. The molecular formula is C11H22N2O2. The van der Waals surface area contributed by atoms with Crippen LogP contribution in [0.1, 0.15) is 40.0 Å². The topological polar surface area (TPSA) is 66.6 Å². The Morgan fingerprint density at radius 3 is 2.53 bits per heavy atom. The van der Waals surface area contributed by atoms with Crippen molar-refractivity contribution in [3.63, 3.8) is 0 Å². The van der Waals surface area contributed by atoms with Crippen molar-refractivity contribution in [1.82, 2.24) is 4.90 Å². The molecule has 3 N–H and O–H groups in total. The molecule has 4 nitrogen and oxygen atoms in total. The molecule has 4 heteroatoms. The van der Waals surface area contributed by atoms with Crippen molar-refractivity contribution in [1.29, 1.82) is 0 Å². The molecule has 1 heterocycles. The Hall–Kier alpha value is -0.770. The van der Waals surface area contributed by atoms with E-state index in [4.69, 9.17) is 10.8 Å². The molecule has 2 atom stereocenters. The predicted molar refractivity (Wildman–Crippen MR) is 59.8 cm³/mol. The maximum absolute atomic E-state index is 11.2. The van der Waals surface area contributed by atoms with Gasteiger partial charge in [0.15, 0.2) is 0 Å². The van der Waals surface area contributed by atoms with Crippen LogP contribution in [0.5, 0.6) is 0 Å². The van der Waals surface area contributed by atoms with Crippen LogP contribution in [-0.2, 0) is 0 Å². The van der Waals surface area contributed by atoms with Crippen LogP contribution in [0.15, 0.2) is 0 Å². The lowest BCUT2D eigenvalue weighted by molar-refractivity contribution is 0.0821. The molecule has 15 heavy (non-hydrogen) atoms. The Bertz CT molecular complexity index is 235. The van der Waals surface area contributed by atoms with Crippen molar-refractivity contribution in [2.75, 3.05) is 6.54 Å². The number of nitrogens with two attached hydrogens (primary N) is 1. The van der Waals surface area contributed by atoms with Crippen molar-refractivity contribution < 1.29 is 9.90 Å². The van der Waals surface area contributed by atoms with Gasteiger partial charge in [-0.05, 0) is 24.7 Å². The molecule has 1 rings (SSSR count). The summed E-state index contributed by atoms with van der Waals surface area (Å²) < 4.78 is 0. The SMILES string of the molecule is CC(C)(C)C1CC(N)CCCN1C(=O)O. The molecule has 0 spiro atoms. The lowest BCUT2D eigenvalue weighted by Gasteiger charge is -2.38. The van der Waals surface area contributed by atoms with Gasteiger partial charge in [0.25, 0.3) is 0 Å². The minimum absolute atomic E-state index is 0.0347. The summed E-state index contributed by atoms with van der Waals surface area (Å²) in [6, 6.07) is 0.172. The smallest absolute Gasteiger partial charge is 0.407 e. The van der Waals surface area contributed by atoms with E-state index in [1.165, 1.54) is 0 Å². The first-order valence-corrected chi connectivity index (χ1v) is 5.57. The van der Waals surface area contributed by atoms with E-state index in [-0.39, 0.29) is 17.5 Å². The van der Waals surface area contributed by atoms with E-state index in [1.54, 1.807) is 4.90 Å². The van der Waals surface area contributed by atoms with Crippen molar-refractivity contribution in [3.05, 3.63) is 0 Å². The summed E-state index contributed by atoms with van der Waals surface area (Å²) in [5.74, 6) is 0. The average molecular weight is 214 g/mol. The summed E-state index contributed by atoms with van der Waals surface area (Å²) in [5, 5.41) is 9.17. The van der Waals surface area contributed by atoms with Gasteiger partial charge in [0.1, 0.15) is 0 Å². The summed E-state index contributed by atoms with van der Waals surface area (Å²) in [6.45, 7) is 6.84. The second-order valence-electron chi connectivity index (χ2n) is 5.50. The van der Waals surface area contributed by atoms with Gasteiger partial charge in [0.2, 0.25) is 0 Å². The number of carbonyl (C=O) groups is 1. The van der Waals surface area contributed by atoms with Crippen LogP contribution >= 0.6 is 0 Å². The van der Waals surface area contributed by atoms with Gasteiger partial charge in [-0.15, -0.1) is 0 Å². The highest BCUT2D eigenvalue weighted by atomic mass is 16.4. The van der Waals surface area contributed by atoms with Crippen LogP contribution in [-0.4, -0.2) is 34.7 Å². The molecule has 1 fully saturated rings. The Balaban J connectivity index is 2.86. The lowest BCUT2D eigenvalue weighted by atomic mass is 9.82. The fraction of sp³-hybridized carbons (Fsp3) is 0.909. The highest BCUT2D eigenvalue weighted by Gasteiger charge is 2.35. The molecule has 1 aliphatic rings. The van der Waals surface area contributed by atoms with Crippen molar-refractivity contribution in [2.24, 2.45) is 11.1 Å². The zero-order valence-corrected chi connectivity index (χ0v) is 9.86. The summed E-state index contributed by atoms with van der Waals surface area (Å²) >= 11 is 0. The second kappa shape index (κ2) is 4.39. The molecular weight excluding hydrogens is 192 g/mol. The average Bonchev–Trinajstić information content (AvgIpc) is 2.25. The number of hydrogen-bond donors (Lipinski definition) is 2. The van der Waals surface area contributed by atoms with Gasteiger partial charge >= 0.3 is 6.09 Å². The summed E-state index contributed by atoms with van der Waals surface area (Å²) in [4.78, 5) is 12.7. The van der Waals surface area contributed by atoms with E-state index >= 15 is 0 Å². The number of carboxylic acid groups (broad SMARTS) is 1. The number of nitrogens with zero attached hydrogens (tertiary/aromatic N) is 1. The van der Waals surface area contributed by atoms with Gasteiger partial charge in [-0.1, -0.05) is 20.8 Å². The molecule has 88 valence electrons. The minimum Gasteiger partial charge on any atom is -0.465 e. The maximum Gasteiger partial charge on any atom is 0.407 e. The van der Waals surface area contributed by atoms with E-state index in [2.05, 4.69) is 20.8 Å². The quantitative estimate of drug-likeness (QED) is 0.647. The zero-order valence-electron chi connectivity index (χ0n) is 9.86. The van der Waals surface area contributed by atoms with Crippen molar-refractivity contribution in [3.8, 4) is 0 Å². The molecule has 0 aromatic heterocycles. The minimum atomic E-state index is -0.816. The molecule has 0 bridgehead atoms. The third-order valence-corrected chi connectivity index (χ3v) is 3.12. The van der Waals surface area contributed by atoms with Crippen LogP contribution in [0.2, 0.25) is 0 Å². The lowest BCUT2D eigenvalue weighted by Crippen LogP contribution is -2.47. The third-order valence-electron chi connectivity index (χ3n) is 3.12. The van der Waals surface area contributed by atoms with E-state index in [9.17, 15) is 4.79 Å². The molecule has 1 saturated heterocycles. The van der Waals surface area contributed by atoms with Crippen LogP contribution in [0.25, 0.3) is 0 Å². The van der Waals surface area contributed by atoms with Crippen LogP contribution < -0.4 is 5.73 Å². The van der Waals surface area contributed by atoms with Gasteiger partial charge in [-0.2, -0.15) is 0 Å². The molecule has 1 aliphatic heterocycles. The molecule has 1 amide bonds. The number of likely N-dealkylation sites (tertiary alicyclic amines) is 1. The summed E-state index contributed by atoms with van der Waals surface area (Å²) in [7, 11) is 0. The van der Waals surface area contributed by atoms with E-state index < -0.39 is 6.09 Å². The van der Waals surface area contributed by atoms with Crippen LogP contribution in [0, 0.1) is 5.41 Å². The Kier molecular flexibility index (Phi) is 3.60. The predicted octanol–water partition coefficient (Wildman–Crippen LogP) is 1.89.